The van der Waals surface area contributed by atoms with E-state index >= 15 is 0 Å². The van der Waals surface area contributed by atoms with Crippen molar-refractivity contribution in [3.8, 4) is 11.8 Å². The lowest BCUT2D eigenvalue weighted by Crippen LogP contribution is -2.25. The number of benzene rings is 2. The van der Waals surface area contributed by atoms with E-state index in [2.05, 4.69) is 22.1 Å². The van der Waals surface area contributed by atoms with Crippen molar-refractivity contribution in [1.82, 2.24) is 10.3 Å². The van der Waals surface area contributed by atoms with Crippen molar-refractivity contribution >= 4 is 50.8 Å². The van der Waals surface area contributed by atoms with Gasteiger partial charge in [-0.25, -0.2) is 4.98 Å². The van der Waals surface area contributed by atoms with Crippen LogP contribution in [0.1, 0.15) is 5.56 Å². The lowest BCUT2D eigenvalue weighted by Gasteiger charge is -1.99. The van der Waals surface area contributed by atoms with Gasteiger partial charge in [0.2, 0.25) is 5.91 Å². The molecule has 0 aliphatic rings. The summed E-state index contributed by atoms with van der Waals surface area (Å²) in [6, 6.07) is 15.3. The minimum absolute atomic E-state index is 0.0559. The van der Waals surface area contributed by atoms with E-state index in [1.54, 1.807) is 23.5 Å². The third-order valence-electron chi connectivity index (χ3n) is 3.03. The van der Waals surface area contributed by atoms with Crippen LogP contribution >= 0.6 is 34.7 Å². The Labute approximate surface area is 153 Å². The highest BCUT2D eigenvalue weighted by Crippen LogP contribution is 2.28. The first-order valence-electron chi connectivity index (χ1n) is 7.20. The number of carbonyl (C=O) groups is 1. The van der Waals surface area contributed by atoms with Gasteiger partial charge in [0.05, 0.1) is 22.5 Å². The fourth-order valence-electron chi connectivity index (χ4n) is 1.95. The molecule has 3 rings (SSSR count). The zero-order valence-electron chi connectivity index (χ0n) is 12.6. The second-order valence-electron chi connectivity index (χ2n) is 4.83. The number of aromatic nitrogens is 1. The van der Waals surface area contributed by atoms with Crippen molar-refractivity contribution in [1.29, 1.82) is 0 Å². The van der Waals surface area contributed by atoms with Gasteiger partial charge in [-0.05, 0) is 30.3 Å². The number of thioether (sulfide) groups is 1. The molecular formula is C18H13ClN2OS2. The van der Waals surface area contributed by atoms with Gasteiger partial charge < -0.3 is 5.32 Å². The molecule has 120 valence electrons. The number of nitrogens with zero attached hydrogens (tertiary/aromatic N) is 1. The molecule has 0 spiro atoms. The number of hydrogen-bond acceptors (Lipinski definition) is 4. The molecule has 1 heterocycles. The van der Waals surface area contributed by atoms with E-state index < -0.39 is 0 Å². The third kappa shape index (κ3) is 4.75. The third-order valence-corrected chi connectivity index (χ3v) is 5.45. The first-order valence-corrected chi connectivity index (χ1v) is 9.38. The van der Waals surface area contributed by atoms with Crippen LogP contribution in [0.25, 0.3) is 10.2 Å². The molecule has 1 amide bonds. The molecule has 6 heteroatoms. The molecule has 0 aliphatic heterocycles. The normalized spacial score (nSPS) is 10.2. The number of amides is 1. The highest BCUT2D eigenvalue weighted by molar-refractivity contribution is 8.01. The van der Waals surface area contributed by atoms with Gasteiger partial charge in [0.15, 0.2) is 4.34 Å². The van der Waals surface area contributed by atoms with E-state index in [-0.39, 0.29) is 5.91 Å². The Kier molecular flexibility index (Phi) is 5.76. The lowest BCUT2D eigenvalue weighted by molar-refractivity contribution is -0.118. The summed E-state index contributed by atoms with van der Waals surface area (Å²) >= 11 is 8.93. The maximum atomic E-state index is 11.9. The van der Waals surface area contributed by atoms with Crippen molar-refractivity contribution < 1.29 is 4.79 Å². The summed E-state index contributed by atoms with van der Waals surface area (Å²) in [6.07, 6.45) is 0. The van der Waals surface area contributed by atoms with Crippen LogP contribution in [0.4, 0.5) is 0 Å². The molecular weight excluding hydrogens is 360 g/mol. The quantitative estimate of drug-likeness (QED) is 0.551. The molecule has 3 nitrogen and oxygen atoms in total. The maximum Gasteiger partial charge on any atom is 0.231 e. The summed E-state index contributed by atoms with van der Waals surface area (Å²) in [4.78, 5) is 16.3. The second-order valence-corrected chi connectivity index (χ2v) is 7.51. The van der Waals surface area contributed by atoms with Gasteiger partial charge in [0, 0.05) is 10.6 Å². The van der Waals surface area contributed by atoms with Crippen LogP contribution in [0.2, 0.25) is 5.02 Å². The molecule has 1 N–H and O–H groups in total. The predicted octanol–water partition coefficient (Wildman–Crippen LogP) is 4.21. The van der Waals surface area contributed by atoms with Crippen molar-refractivity contribution in [2.24, 2.45) is 0 Å². The highest BCUT2D eigenvalue weighted by Gasteiger charge is 2.06. The molecule has 3 aromatic rings. The average molecular weight is 373 g/mol. The van der Waals surface area contributed by atoms with Crippen LogP contribution in [0.3, 0.4) is 0 Å². The summed E-state index contributed by atoms with van der Waals surface area (Å²) in [5.41, 5.74) is 1.80. The lowest BCUT2D eigenvalue weighted by atomic mass is 10.2. The molecule has 0 radical (unpaired) electrons. The number of halogens is 1. The van der Waals surface area contributed by atoms with Crippen molar-refractivity contribution in [2.75, 3.05) is 12.3 Å². The van der Waals surface area contributed by atoms with Gasteiger partial charge in [-0.3, -0.25) is 4.79 Å². The zero-order valence-corrected chi connectivity index (χ0v) is 15.0. The largest absolute Gasteiger partial charge is 0.344 e. The van der Waals surface area contributed by atoms with Crippen LogP contribution in [0.5, 0.6) is 0 Å². The Bertz CT molecular complexity index is 894. The molecule has 0 fully saturated rings. The topological polar surface area (TPSA) is 42.0 Å². The second kappa shape index (κ2) is 8.20. The minimum atomic E-state index is -0.0559. The van der Waals surface area contributed by atoms with Gasteiger partial charge >= 0.3 is 0 Å². The number of hydrogen-bond donors (Lipinski definition) is 1. The van der Waals surface area contributed by atoms with Crippen LogP contribution in [0.15, 0.2) is 52.9 Å². The van der Waals surface area contributed by atoms with E-state index in [1.165, 1.54) is 11.8 Å². The number of rotatable bonds is 4. The highest BCUT2D eigenvalue weighted by atomic mass is 35.5. The standard InChI is InChI=1S/C18H13ClN2OS2/c19-14-7-3-5-13(11-14)6-4-10-20-17(22)12-23-18-21-15-8-1-2-9-16(15)24-18/h1-3,5,7-9,11H,10,12H2,(H,20,22). The van der Waals surface area contributed by atoms with Gasteiger partial charge in [0.25, 0.3) is 0 Å². The molecule has 24 heavy (non-hydrogen) atoms. The molecule has 1 aromatic heterocycles. The SMILES string of the molecule is O=C(CSc1nc2ccccc2s1)NCC#Cc1cccc(Cl)c1. The van der Waals surface area contributed by atoms with Crippen LogP contribution in [0, 0.1) is 11.8 Å². The van der Waals surface area contributed by atoms with Crippen molar-refractivity contribution in [2.45, 2.75) is 4.34 Å². The van der Waals surface area contributed by atoms with E-state index in [4.69, 9.17) is 11.6 Å². The van der Waals surface area contributed by atoms with E-state index in [9.17, 15) is 4.79 Å². The molecule has 0 saturated carbocycles. The summed E-state index contributed by atoms with van der Waals surface area (Å²) in [7, 11) is 0. The van der Waals surface area contributed by atoms with Gasteiger partial charge in [-0.2, -0.15) is 0 Å². The Hall–Kier alpha value is -2.00. The molecule has 0 aliphatic carbocycles. The number of thiazole rings is 1. The van der Waals surface area contributed by atoms with E-state index in [0.29, 0.717) is 17.3 Å². The Morgan fingerprint density at radius 2 is 2.12 bits per heavy atom. The smallest absolute Gasteiger partial charge is 0.231 e. The van der Waals surface area contributed by atoms with Gasteiger partial charge in [0.1, 0.15) is 0 Å². The fraction of sp³-hybridized carbons (Fsp3) is 0.111. The Balaban J connectivity index is 1.46. The van der Waals surface area contributed by atoms with Crippen molar-refractivity contribution in [3.05, 3.63) is 59.1 Å². The summed E-state index contributed by atoms with van der Waals surface area (Å²) in [6.45, 7) is 0.311. The molecule has 0 atom stereocenters. The van der Waals surface area contributed by atoms with Crippen molar-refractivity contribution in [3.63, 3.8) is 0 Å². The van der Waals surface area contributed by atoms with Crippen LogP contribution in [-0.2, 0) is 4.79 Å². The van der Waals surface area contributed by atoms with Crippen LogP contribution in [-0.4, -0.2) is 23.2 Å². The Morgan fingerprint density at radius 3 is 2.96 bits per heavy atom. The summed E-state index contributed by atoms with van der Waals surface area (Å²) in [5, 5.41) is 3.43. The first kappa shape index (κ1) is 16.8. The number of fused-ring (bicyclic) bond motifs is 1. The average Bonchev–Trinajstić information content (AvgIpc) is 3.00. The Morgan fingerprint density at radius 1 is 1.25 bits per heavy atom. The van der Waals surface area contributed by atoms with Crippen LogP contribution < -0.4 is 5.32 Å². The summed E-state index contributed by atoms with van der Waals surface area (Å²) in [5.74, 6) is 6.16. The van der Waals surface area contributed by atoms with Gasteiger partial charge in [-0.1, -0.05) is 53.4 Å². The number of para-hydroxylation sites is 1. The van der Waals surface area contributed by atoms with E-state index in [0.717, 1.165) is 20.1 Å². The predicted molar refractivity (Wildman–Crippen MR) is 102 cm³/mol. The summed E-state index contributed by atoms with van der Waals surface area (Å²) < 4.78 is 2.03. The van der Waals surface area contributed by atoms with E-state index in [1.807, 2.05) is 36.4 Å². The monoisotopic (exact) mass is 372 g/mol. The minimum Gasteiger partial charge on any atom is -0.344 e. The fourth-order valence-corrected chi connectivity index (χ4v) is 4.04. The number of nitrogens with one attached hydrogen (secondary N) is 1. The molecule has 0 saturated heterocycles. The van der Waals surface area contributed by atoms with Gasteiger partial charge in [-0.15, -0.1) is 11.3 Å². The number of carbonyl (C=O) groups excluding carboxylic acids is 1. The zero-order chi connectivity index (χ0) is 16.8. The molecule has 2 aromatic carbocycles. The molecule has 0 unspecified atom stereocenters. The molecule has 0 bridgehead atoms. The first-order chi connectivity index (χ1) is 11.7. The maximum absolute atomic E-state index is 11.9.